The molecule has 0 bridgehead atoms. The Morgan fingerprint density at radius 2 is 2.05 bits per heavy atom. The van der Waals surface area contributed by atoms with Crippen LogP contribution in [0.25, 0.3) is 0 Å². The summed E-state index contributed by atoms with van der Waals surface area (Å²) < 4.78 is 0. The zero-order valence-corrected chi connectivity index (χ0v) is 13.7. The average Bonchev–Trinajstić information content (AvgIpc) is 3.09. The summed E-state index contributed by atoms with van der Waals surface area (Å²) in [5.74, 6) is 0. The topological polar surface area (TPSA) is 12.0 Å². The van der Waals surface area contributed by atoms with E-state index < -0.39 is 0 Å². The van der Waals surface area contributed by atoms with E-state index in [1.54, 1.807) is 15.3 Å². The van der Waals surface area contributed by atoms with E-state index in [9.17, 15) is 0 Å². The van der Waals surface area contributed by atoms with Crippen molar-refractivity contribution in [1.82, 2.24) is 5.32 Å². The lowest BCUT2D eigenvalue weighted by atomic mass is 10.0. The quantitative estimate of drug-likeness (QED) is 0.766. The van der Waals surface area contributed by atoms with Crippen LogP contribution in [-0.2, 0) is 19.3 Å². The van der Waals surface area contributed by atoms with Crippen LogP contribution in [0.1, 0.15) is 53.1 Å². The normalized spacial score (nSPS) is 15.1. The van der Waals surface area contributed by atoms with Gasteiger partial charge in [0.15, 0.2) is 0 Å². The smallest absolute Gasteiger partial charge is 0.0415 e. The number of fused-ring (bicyclic) bond motifs is 1. The van der Waals surface area contributed by atoms with E-state index in [0.717, 1.165) is 6.54 Å². The number of hydrogen-bond donors (Lipinski definition) is 1. The minimum Gasteiger partial charge on any atom is -0.310 e. The minimum atomic E-state index is 0.550. The number of nitrogens with one attached hydrogen (secondary N) is 1. The monoisotopic (exact) mass is 299 g/mol. The van der Waals surface area contributed by atoms with Crippen molar-refractivity contribution >= 4 is 11.3 Å². The molecule has 1 unspecified atom stereocenters. The van der Waals surface area contributed by atoms with E-state index in [1.165, 1.54) is 44.1 Å². The van der Waals surface area contributed by atoms with E-state index in [0.29, 0.717) is 6.04 Å². The Labute approximate surface area is 132 Å². The maximum Gasteiger partial charge on any atom is 0.0415 e. The van der Waals surface area contributed by atoms with Gasteiger partial charge in [-0.2, -0.15) is 0 Å². The molecule has 3 rings (SSSR count). The molecule has 1 nitrogen and oxygen atoms in total. The first-order valence-electron chi connectivity index (χ1n) is 8.25. The van der Waals surface area contributed by atoms with Crippen LogP contribution >= 0.6 is 11.3 Å². The molecule has 2 heteroatoms. The maximum atomic E-state index is 3.68. The molecule has 0 amide bonds. The van der Waals surface area contributed by atoms with Crippen LogP contribution in [0, 0.1) is 0 Å². The molecule has 0 spiro atoms. The number of rotatable bonds is 7. The molecule has 1 heterocycles. The molecule has 2 aromatic rings. The van der Waals surface area contributed by atoms with Crippen LogP contribution in [0.5, 0.6) is 0 Å². The minimum absolute atomic E-state index is 0.550. The van der Waals surface area contributed by atoms with Crippen LogP contribution in [0.2, 0.25) is 0 Å². The Balaban J connectivity index is 1.59. The number of benzene rings is 1. The Morgan fingerprint density at radius 3 is 2.81 bits per heavy atom. The molecule has 112 valence electrons. The van der Waals surface area contributed by atoms with Crippen molar-refractivity contribution in [3.63, 3.8) is 0 Å². The molecule has 1 aliphatic rings. The van der Waals surface area contributed by atoms with Crippen molar-refractivity contribution in [2.24, 2.45) is 0 Å². The highest BCUT2D eigenvalue weighted by molar-refractivity contribution is 7.12. The Hall–Kier alpha value is -1.12. The van der Waals surface area contributed by atoms with E-state index >= 15 is 0 Å². The van der Waals surface area contributed by atoms with Gasteiger partial charge in [-0.1, -0.05) is 37.3 Å². The van der Waals surface area contributed by atoms with Crippen molar-refractivity contribution < 1.29 is 0 Å². The van der Waals surface area contributed by atoms with Gasteiger partial charge < -0.3 is 5.32 Å². The summed E-state index contributed by atoms with van der Waals surface area (Å²) in [5, 5.41) is 3.68. The summed E-state index contributed by atoms with van der Waals surface area (Å²) in [5.41, 5.74) is 3.09. The summed E-state index contributed by atoms with van der Waals surface area (Å²) in [4.78, 5) is 3.21. The summed E-state index contributed by atoms with van der Waals surface area (Å²) in [6, 6.07) is 13.9. The van der Waals surface area contributed by atoms with Crippen molar-refractivity contribution in [2.75, 3.05) is 6.54 Å². The van der Waals surface area contributed by atoms with Crippen LogP contribution in [0.4, 0.5) is 0 Å². The third kappa shape index (κ3) is 3.75. The third-order valence-electron chi connectivity index (χ3n) is 4.36. The lowest BCUT2D eigenvalue weighted by Crippen LogP contribution is -2.20. The average molecular weight is 299 g/mol. The Morgan fingerprint density at radius 1 is 1.19 bits per heavy atom. The highest BCUT2D eigenvalue weighted by Crippen LogP contribution is 2.35. The van der Waals surface area contributed by atoms with Crippen molar-refractivity contribution in [2.45, 2.75) is 51.5 Å². The molecule has 1 aromatic carbocycles. The van der Waals surface area contributed by atoms with Crippen molar-refractivity contribution in [3.05, 3.63) is 57.3 Å². The van der Waals surface area contributed by atoms with Gasteiger partial charge in [0, 0.05) is 15.8 Å². The number of aryl methyl sites for hydroxylation is 3. The fourth-order valence-electron chi connectivity index (χ4n) is 3.27. The predicted molar refractivity (Wildman–Crippen MR) is 92.1 cm³/mol. The first kappa shape index (κ1) is 14.8. The molecule has 1 atom stereocenters. The number of thiophene rings is 1. The molecule has 0 aliphatic heterocycles. The van der Waals surface area contributed by atoms with E-state index in [2.05, 4.69) is 60.0 Å². The van der Waals surface area contributed by atoms with Gasteiger partial charge in [0.2, 0.25) is 0 Å². The first-order valence-corrected chi connectivity index (χ1v) is 9.07. The van der Waals surface area contributed by atoms with Gasteiger partial charge in [-0.15, -0.1) is 11.3 Å². The molecule has 1 aliphatic carbocycles. The van der Waals surface area contributed by atoms with Gasteiger partial charge in [-0.3, -0.25) is 0 Å². The Kier molecular flexibility index (Phi) is 5.10. The molecular formula is C19H25NS. The third-order valence-corrected chi connectivity index (χ3v) is 5.71. The summed E-state index contributed by atoms with van der Waals surface area (Å²) in [6.07, 6.45) is 7.65. The Bertz CT molecular complexity index is 537. The molecule has 1 N–H and O–H groups in total. The molecule has 0 saturated carbocycles. The second-order valence-electron chi connectivity index (χ2n) is 5.94. The molecule has 0 radical (unpaired) electrons. The second kappa shape index (κ2) is 7.24. The van der Waals surface area contributed by atoms with Crippen LogP contribution < -0.4 is 5.32 Å². The van der Waals surface area contributed by atoms with Crippen LogP contribution in [0.15, 0.2) is 36.4 Å². The highest BCUT2D eigenvalue weighted by atomic mass is 32.1. The maximum absolute atomic E-state index is 3.68. The lowest BCUT2D eigenvalue weighted by Gasteiger charge is -2.16. The lowest BCUT2D eigenvalue weighted by molar-refractivity contribution is 0.504. The zero-order valence-electron chi connectivity index (χ0n) is 12.9. The van der Waals surface area contributed by atoms with Crippen LogP contribution in [0.3, 0.4) is 0 Å². The van der Waals surface area contributed by atoms with E-state index in [4.69, 9.17) is 0 Å². The van der Waals surface area contributed by atoms with Gasteiger partial charge >= 0.3 is 0 Å². The summed E-state index contributed by atoms with van der Waals surface area (Å²) in [6.45, 7) is 3.27. The summed E-state index contributed by atoms with van der Waals surface area (Å²) >= 11 is 2.05. The second-order valence-corrected chi connectivity index (χ2v) is 7.11. The van der Waals surface area contributed by atoms with Gasteiger partial charge in [0.25, 0.3) is 0 Å². The fourth-order valence-corrected chi connectivity index (χ4v) is 4.64. The van der Waals surface area contributed by atoms with E-state index in [1.807, 2.05) is 0 Å². The van der Waals surface area contributed by atoms with Crippen molar-refractivity contribution in [1.29, 1.82) is 0 Å². The summed E-state index contributed by atoms with van der Waals surface area (Å²) in [7, 11) is 0. The first-order chi connectivity index (χ1) is 10.4. The van der Waals surface area contributed by atoms with Gasteiger partial charge in [0.1, 0.15) is 0 Å². The predicted octanol–water partition coefficient (Wildman–Crippen LogP) is 4.91. The molecule has 21 heavy (non-hydrogen) atoms. The van der Waals surface area contributed by atoms with Crippen LogP contribution in [-0.4, -0.2) is 6.54 Å². The van der Waals surface area contributed by atoms with Gasteiger partial charge in [0.05, 0.1) is 0 Å². The van der Waals surface area contributed by atoms with Gasteiger partial charge in [-0.05, 0) is 62.3 Å². The molecule has 0 saturated heterocycles. The highest BCUT2D eigenvalue weighted by Gasteiger charge is 2.19. The molecule has 1 aromatic heterocycles. The van der Waals surface area contributed by atoms with E-state index in [-0.39, 0.29) is 0 Å². The standard InChI is InChI=1S/C19H25NS/c1-2-20-17(12-6-10-15-8-4-3-5-9-15)19-14-16-11-7-13-18(16)21-19/h3-5,8-9,14,17,20H,2,6-7,10-13H2,1H3. The molecular weight excluding hydrogens is 274 g/mol. The SMILES string of the molecule is CCNC(CCCc1ccccc1)c1cc2c(s1)CCC2. The zero-order chi connectivity index (χ0) is 14.5. The number of hydrogen-bond acceptors (Lipinski definition) is 2. The van der Waals surface area contributed by atoms with Crippen molar-refractivity contribution in [3.8, 4) is 0 Å². The fraction of sp³-hybridized carbons (Fsp3) is 0.474. The largest absolute Gasteiger partial charge is 0.310 e. The van der Waals surface area contributed by atoms with Gasteiger partial charge in [-0.25, -0.2) is 0 Å². The molecule has 0 fully saturated rings.